The summed E-state index contributed by atoms with van der Waals surface area (Å²) in [4.78, 5) is 11.3. The fourth-order valence-corrected chi connectivity index (χ4v) is 3.44. The minimum absolute atomic E-state index is 0.259. The molecule has 1 fully saturated rings. The molecule has 7 atom stereocenters. The summed E-state index contributed by atoms with van der Waals surface area (Å²) in [6.45, 7) is 7.80. The standard InChI is InChI=1S/C19H28ClNO7/c1-9(21-19(2,3)4)15(10-6-5-7-11(20)8-10)27-18-14(24)12(22)13(23)16(28-18)17(25)26/h5-9,12-16,18,21-24H,1-4H3,(H,25,26)/t9-,12+,13+,14-,15+,16+,18-/m1/s1. The van der Waals surface area contributed by atoms with Gasteiger partial charge in [-0.3, -0.25) is 0 Å². The van der Waals surface area contributed by atoms with Crippen molar-refractivity contribution in [1.29, 1.82) is 0 Å². The van der Waals surface area contributed by atoms with Crippen LogP contribution in [0.15, 0.2) is 24.3 Å². The number of hydrogen-bond acceptors (Lipinski definition) is 7. The highest BCUT2D eigenvalue weighted by Gasteiger charge is 2.48. The normalized spacial score (nSPS) is 30.6. The van der Waals surface area contributed by atoms with Crippen LogP contribution in [-0.4, -0.2) is 68.7 Å². The molecule has 0 radical (unpaired) electrons. The molecular formula is C19H28ClNO7. The molecule has 0 saturated carbocycles. The van der Waals surface area contributed by atoms with Gasteiger partial charge in [-0.1, -0.05) is 23.7 Å². The third kappa shape index (κ3) is 5.64. The van der Waals surface area contributed by atoms with Crippen molar-refractivity contribution in [3.63, 3.8) is 0 Å². The van der Waals surface area contributed by atoms with E-state index < -0.39 is 42.8 Å². The van der Waals surface area contributed by atoms with Gasteiger partial charge >= 0.3 is 5.97 Å². The van der Waals surface area contributed by atoms with E-state index in [1.54, 1.807) is 24.3 Å². The van der Waals surface area contributed by atoms with Crippen LogP contribution in [-0.2, 0) is 14.3 Å². The van der Waals surface area contributed by atoms with E-state index in [0.717, 1.165) is 0 Å². The molecule has 1 saturated heterocycles. The summed E-state index contributed by atoms with van der Waals surface area (Å²) in [7, 11) is 0. The second-order valence-electron chi connectivity index (χ2n) is 8.03. The number of aliphatic hydroxyl groups excluding tert-OH is 3. The summed E-state index contributed by atoms with van der Waals surface area (Å²) in [5, 5.41) is 43.2. The molecule has 1 aliphatic heterocycles. The third-order valence-electron chi connectivity index (χ3n) is 4.39. The van der Waals surface area contributed by atoms with Gasteiger partial charge in [0.05, 0.1) is 0 Å². The Morgan fingerprint density at radius 1 is 1.21 bits per heavy atom. The number of nitrogens with one attached hydrogen (secondary N) is 1. The number of rotatable bonds is 6. The van der Waals surface area contributed by atoms with E-state index >= 15 is 0 Å². The highest BCUT2D eigenvalue weighted by molar-refractivity contribution is 6.30. The van der Waals surface area contributed by atoms with Crippen molar-refractivity contribution in [3.8, 4) is 0 Å². The Morgan fingerprint density at radius 2 is 1.86 bits per heavy atom. The number of halogens is 1. The van der Waals surface area contributed by atoms with Gasteiger partial charge in [0.25, 0.3) is 0 Å². The topological polar surface area (TPSA) is 128 Å². The lowest BCUT2D eigenvalue weighted by Gasteiger charge is -2.41. The minimum Gasteiger partial charge on any atom is -0.479 e. The zero-order valence-corrected chi connectivity index (χ0v) is 17.0. The van der Waals surface area contributed by atoms with Crippen LogP contribution in [0.25, 0.3) is 0 Å². The van der Waals surface area contributed by atoms with Gasteiger partial charge in [0.15, 0.2) is 12.4 Å². The Morgan fingerprint density at radius 3 is 2.39 bits per heavy atom. The van der Waals surface area contributed by atoms with Crippen molar-refractivity contribution in [2.45, 2.75) is 76.1 Å². The lowest BCUT2D eigenvalue weighted by molar-refractivity contribution is -0.307. The fraction of sp³-hybridized carbons (Fsp3) is 0.632. The number of carboxylic acids is 1. The van der Waals surface area contributed by atoms with Gasteiger partial charge in [-0.2, -0.15) is 0 Å². The first-order valence-electron chi connectivity index (χ1n) is 9.02. The van der Waals surface area contributed by atoms with Crippen molar-refractivity contribution in [2.75, 3.05) is 0 Å². The molecular weight excluding hydrogens is 390 g/mol. The highest BCUT2D eigenvalue weighted by atomic mass is 35.5. The Hall–Kier alpha value is -1.26. The zero-order valence-electron chi connectivity index (χ0n) is 16.2. The van der Waals surface area contributed by atoms with E-state index in [1.165, 1.54) is 0 Å². The van der Waals surface area contributed by atoms with E-state index in [-0.39, 0.29) is 11.6 Å². The monoisotopic (exact) mass is 417 g/mol. The van der Waals surface area contributed by atoms with Crippen LogP contribution in [0, 0.1) is 0 Å². The van der Waals surface area contributed by atoms with Crippen LogP contribution >= 0.6 is 11.6 Å². The summed E-state index contributed by atoms with van der Waals surface area (Å²) in [5.74, 6) is -1.47. The molecule has 0 bridgehead atoms. The minimum atomic E-state index is -1.78. The van der Waals surface area contributed by atoms with Gasteiger partial charge in [-0.25, -0.2) is 4.79 Å². The molecule has 0 amide bonds. The largest absolute Gasteiger partial charge is 0.479 e. The number of aliphatic hydroxyl groups is 3. The number of benzene rings is 1. The van der Waals surface area contributed by atoms with E-state index in [4.69, 9.17) is 21.1 Å². The molecule has 0 unspecified atom stereocenters. The van der Waals surface area contributed by atoms with Gasteiger partial charge < -0.3 is 35.2 Å². The van der Waals surface area contributed by atoms with Gasteiger partial charge in [0, 0.05) is 16.6 Å². The Kier molecular flexibility index (Phi) is 7.44. The summed E-state index contributed by atoms with van der Waals surface area (Å²) < 4.78 is 11.2. The van der Waals surface area contributed by atoms with Crippen LogP contribution in [0.4, 0.5) is 0 Å². The number of ether oxygens (including phenoxy) is 2. The van der Waals surface area contributed by atoms with Crippen LogP contribution in [0.2, 0.25) is 5.02 Å². The van der Waals surface area contributed by atoms with Gasteiger partial charge in [0.1, 0.15) is 24.4 Å². The van der Waals surface area contributed by atoms with E-state index in [9.17, 15) is 25.2 Å². The van der Waals surface area contributed by atoms with Crippen LogP contribution in [0.1, 0.15) is 39.4 Å². The average molecular weight is 418 g/mol. The molecule has 2 rings (SSSR count). The summed E-state index contributed by atoms with van der Waals surface area (Å²) in [6, 6.07) is 6.64. The SMILES string of the molecule is C[C@@H](NC(C)(C)C)[C@H](O[C@@H]1O[C@H](C(=O)O)[C@@H](O)[C@H](O)[C@H]1O)c1cccc(Cl)c1. The molecule has 0 spiro atoms. The van der Waals surface area contributed by atoms with Crippen LogP contribution < -0.4 is 5.32 Å². The molecule has 0 aromatic heterocycles. The summed E-state index contributed by atoms with van der Waals surface area (Å²) >= 11 is 6.10. The molecule has 9 heteroatoms. The van der Waals surface area contributed by atoms with Gasteiger partial charge in [-0.05, 0) is 45.4 Å². The van der Waals surface area contributed by atoms with Gasteiger partial charge in [-0.15, -0.1) is 0 Å². The maximum atomic E-state index is 11.3. The van der Waals surface area contributed by atoms with Crippen LogP contribution in [0.3, 0.4) is 0 Å². The zero-order chi connectivity index (χ0) is 21.2. The number of hydrogen-bond donors (Lipinski definition) is 5. The second-order valence-corrected chi connectivity index (χ2v) is 8.47. The Balaban J connectivity index is 2.31. The molecule has 5 N–H and O–H groups in total. The molecule has 158 valence electrons. The van der Waals surface area contributed by atoms with E-state index in [1.807, 2.05) is 27.7 Å². The van der Waals surface area contributed by atoms with E-state index in [2.05, 4.69) is 5.32 Å². The summed E-state index contributed by atoms with van der Waals surface area (Å²) in [5.41, 5.74) is 0.422. The second kappa shape index (κ2) is 9.04. The molecule has 0 aliphatic carbocycles. The average Bonchev–Trinajstić information content (AvgIpc) is 2.57. The summed E-state index contributed by atoms with van der Waals surface area (Å²) in [6.07, 6.45) is -9.02. The number of carboxylic acid groups (broad SMARTS) is 1. The molecule has 28 heavy (non-hydrogen) atoms. The van der Waals surface area contributed by atoms with E-state index in [0.29, 0.717) is 10.6 Å². The smallest absolute Gasteiger partial charge is 0.335 e. The van der Waals surface area contributed by atoms with Crippen molar-refractivity contribution in [1.82, 2.24) is 5.32 Å². The fourth-order valence-electron chi connectivity index (χ4n) is 3.24. The lowest BCUT2D eigenvalue weighted by Crippen LogP contribution is -2.61. The van der Waals surface area contributed by atoms with Crippen molar-refractivity contribution in [3.05, 3.63) is 34.9 Å². The molecule has 1 aromatic rings. The maximum Gasteiger partial charge on any atom is 0.335 e. The maximum absolute atomic E-state index is 11.3. The first kappa shape index (κ1) is 23.0. The number of carbonyl (C=O) groups is 1. The lowest BCUT2D eigenvalue weighted by atomic mass is 9.97. The van der Waals surface area contributed by atoms with Crippen molar-refractivity contribution in [2.24, 2.45) is 0 Å². The van der Waals surface area contributed by atoms with Crippen molar-refractivity contribution >= 4 is 17.6 Å². The van der Waals surface area contributed by atoms with Crippen LogP contribution in [0.5, 0.6) is 0 Å². The molecule has 1 aromatic carbocycles. The quantitative estimate of drug-likeness (QED) is 0.465. The first-order valence-corrected chi connectivity index (χ1v) is 9.39. The third-order valence-corrected chi connectivity index (χ3v) is 4.62. The first-order chi connectivity index (χ1) is 12.9. The van der Waals surface area contributed by atoms with Gasteiger partial charge in [0.2, 0.25) is 0 Å². The predicted octanol–water partition coefficient (Wildman–Crippen LogP) is 1.07. The number of aliphatic carboxylic acids is 1. The molecule has 8 nitrogen and oxygen atoms in total. The highest BCUT2D eigenvalue weighted by Crippen LogP contribution is 2.31. The predicted molar refractivity (Wildman–Crippen MR) is 102 cm³/mol. The Labute approximate surface area is 169 Å². The molecule has 1 heterocycles. The van der Waals surface area contributed by atoms with Crippen molar-refractivity contribution < 1.29 is 34.7 Å². The Bertz CT molecular complexity index is 680. The molecule has 1 aliphatic rings.